The zero-order valence-corrected chi connectivity index (χ0v) is 13.0. The molecule has 2 aromatic rings. The van der Waals surface area contributed by atoms with Crippen molar-refractivity contribution in [3.63, 3.8) is 0 Å². The maximum atomic E-state index is 12.4. The molecule has 0 saturated carbocycles. The van der Waals surface area contributed by atoms with Crippen molar-refractivity contribution in [2.24, 2.45) is 5.92 Å². The molecular formula is C17H21NOS. The molecule has 0 amide bonds. The summed E-state index contributed by atoms with van der Waals surface area (Å²) in [6, 6.07) is 18.1. The van der Waals surface area contributed by atoms with E-state index in [1.165, 1.54) is 11.1 Å². The number of hydrogen-bond acceptors (Lipinski definition) is 1. The van der Waals surface area contributed by atoms with Gasteiger partial charge < -0.3 is 0 Å². The molecule has 0 bridgehead atoms. The lowest BCUT2D eigenvalue weighted by Gasteiger charge is -2.22. The van der Waals surface area contributed by atoms with Crippen LogP contribution in [0.2, 0.25) is 0 Å². The lowest BCUT2D eigenvalue weighted by Crippen LogP contribution is -2.27. The van der Waals surface area contributed by atoms with Crippen molar-refractivity contribution in [2.75, 3.05) is 0 Å². The Labute approximate surface area is 123 Å². The van der Waals surface area contributed by atoms with Gasteiger partial charge in [0.25, 0.3) is 0 Å². The summed E-state index contributed by atoms with van der Waals surface area (Å²) in [6.07, 6.45) is 0. The van der Waals surface area contributed by atoms with Crippen molar-refractivity contribution < 1.29 is 4.21 Å². The van der Waals surface area contributed by atoms with E-state index in [9.17, 15) is 4.21 Å². The van der Waals surface area contributed by atoms with Crippen LogP contribution in [0.3, 0.4) is 0 Å². The molecule has 0 fully saturated rings. The van der Waals surface area contributed by atoms with E-state index >= 15 is 0 Å². The van der Waals surface area contributed by atoms with Gasteiger partial charge in [-0.25, -0.2) is 8.93 Å². The summed E-state index contributed by atoms with van der Waals surface area (Å²) in [5.74, 6) is 0.367. The van der Waals surface area contributed by atoms with Crippen LogP contribution in [-0.2, 0) is 11.0 Å². The van der Waals surface area contributed by atoms with Crippen LogP contribution >= 0.6 is 0 Å². The predicted molar refractivity (Wildman–Crippen MR) is 84.7 cm³/mol. The first-order valence-electron chi connectivity index (χ1n) is 6.87. The number of benzene rings is 2. The van der Waals surface area contributed by atoms with Crippen LogP contribution in [0.25, 0.3) is 0 Å². The Morgan fingerprint density at radius 1 is 0.950 bits per heavy atom. The summed E-state index contributed by atoms with van der Waals surface area (Å²) >= 11 is 0. The Morgan fingerprint density at radius 2 is 1.55 bits per heavy atom. The zero-order chi connectivity index (χ0) is 14.5. The van der Waals surface area contributed by atoms with Crippen molar-refractivity contribution in [1.82, 2.24) is 4.72 Å². The van der Waals surface area contributed by atoms with Crippen molar-refractivity contribution in [1.29, 1.82) is 0 Å². The van der Waals surface area contributed by atoms with Crippen LogP contribution in [0.4, 0.5) is 0 Å². The van der Waals surface area contributed by atoms with Crippen molar-refractivity contribution in [3.8, 4) is 0 Å². The molecule has 0 spiro atoms. The third-order valence-electron chi connectivity index (χ3n) is 3.29. The third-order valence-corrected chi connectivity index (χ3v) is 4.46. The third kappa shape index (κ3) is 3.78. The van der Waals surface area contributed by atoms with Gasteiger partial charge in [-0.1, -0.05) is 61.9 Å². The van der Waals surface area contributed by atoms with E-state index in [1.807, 2.05) is 49.4 Å². The maximum Gasteiger partial charge on any atom is 0.125 e. The highest BCUT2D eigenvalue weighted by molar-refractivity contribution is 7.83. The van der Waals surface area contributed by atoms with Crippen LogP contribution in [0.15, 0.2) is 59.5 Å². The molecule has 20 heavy (non-hydrogen) atoms. The number of nitrogens with one attached hydrogen (secondary N) is 1. The maximum absolute atomic E-state index is 12.4. The fraction of sp³-hybridized carbons (Fsp3) is 0.294. The first-order chi connectivity index (χ1) is 9.58. The molecule has 2 rings (SSSR count). The van der Waals surface area contributed by atoms with Crippen LogP contribution in [0, 0.1) is 12.8 Å². The average Bonchev–Trinajstić information content (AvgIpc) is 2.46. The Morgan fingerprint density at radius 3 is 2.10 bits per heavy atom. The van der Waals surface area contributed by atoms with Crippen molar-refractivity contribution in [2.45, 2.75) is 31.7 Å². The van der Waals surface area contributed by atoms with Gasteiger partial charge >= 0.3 is 0 Å². The summed E-state index contributed by atoms with van der Waals surface area (Å²) in [5.41, 5.74) is 2.34. The smallest absolute Gasteiger partial charge is 0.125 e. The first kappa shape index (κ1) is 14.9. The summed E-state index contributed by atoms with van der Waals surface area (Å²) in [5, 5.41) is 0. The average molecular weight is 287 g/mol. The fourth-order valence-electron chi connectivity index (χ4n) is 2.09. The summed E-state index contributed by atoms with van der Waals surface area (Å²) in [6.45, 7) is 6.30. The SMILES string of the molecule is Cc1ccc(S(=O)N[C@@H](c2ccccc2)C(C)C)cc1. The topological polar surface area (TPSA) is 29.1 Å². The van der Waals surface area contributed by atoms with Gasteiger partial charge in [-0.15, -0.1) is 0 Å². The predicted octanol–water partition coefficient (Wildman–Crippen LogP) is 4.00. The molecule has 3 heteroatoms. The van der Waals surface area contributed by atoms with Gasteiger partial charge in [-0.2, -0.15) is 0 Å². The minimum absolute atomic E-state index is 0.0818. The standard InChI is InChI=1S/C17H21NOS/c1-13(2)17(15-7-5-4-6-8-15)18-20(19)16-11-9-14(3)10-12-16/h4-13,17-18H,1-3H3/t17-,20?/m1/s1. The normalized spacial score (nSPS) is 14.2. The van der Waals surface area contributed by atoms with E-state index in [4.69, 9.17) is 0 Å². The van der Waals surface area contributed by atoms with Crippen molar-refractivity contribution >= 4 is 11.0 Å². The molecule has 0 aliphatic carbocycles. The van der Waals surface area contributed by atoms with Gasteiger partial charge in [0.05, 0.1) is 4.90 Å². The van der Waals surface area contributed by atoms with Gasteiger partial charge in [0, 0.05) is 6.04 Å². The van der Waals surface area contributed by atoms with E-state index in [2.05, 4.69) is 30.7 Å². The molecule has 0 heterocycles. The molecule has 0 radical (unpaired) electrons. The lowest BCUT2D eigenvalue weighted by atomic mass is 9.97. The Kier molecular flexibility index (Phi) is 5.10. The number of rotatable bonds is 5. The van der Waals surface area contributed by atoms with Gasteiger partial charge in [-0.3, -0.25) is 0 Å². The molecule has 2 atom stereocenters. The molecule has 0 aromatic heterocycles. The van der Waals surface area contributed by atoms with Gasteiger partial charge in [0.15, 0.2) is 0 Å². The second-order valence-corrected chi connectivity index (χ2v) is 6.58. The molecular weight excluding hydrogens is 266 g/mol. The van der Waals surface area contributed by atoms with Gasteiger partial charge in [-0.05, 0) is 30.5 Å². The molecule has 0 aliphatic rings. The summed E-state index contributed by atoms with van der Waals surface area (Å²) in [7, 11) is -1.19. The quantitative estimate of drug-likeness (QED) is 0.884. The Hall–Kier alpha value is -1.45. The fourth-order valence-corrected chi connectivity index (χ4v) is 3.25. The number of hydrogen-bond donors (Lipinski definition) is 1. The van der Waals surface area contributed by atoms with E-state index < -0.39 is 11.0 Å². The zero-order valence-electron chi connectivity index (χ0n) is 12.2. The molecule has 1 N–H and O–H groups in total. The van der Waals surface area contributed by atoms with Crippen LogP contribution in [-0.4, -0.2) is 4.21 Å². The van der Waals surface area contributed by atoms with E-state index in [-0.39, 0.29) is 6.04 Å². The van der Waals surface area contributed by atoms with E-state index in [1.54, 1.807) is 0 Å². The largest absolute Gasteiger partial charge is 0.237 e. The van der Waals surface area contributed by atoms with E-state index in [0.717, 1.165) is 4.90 Å². The molecule has 2 aromatic carbocycles. The highest BCUT2D eigenvalue weighted by atomic mass is 32.2. The molecule has 0 aliphatic heterocycles. The highest BCUT2D eigenvalue weighted by Gasteiger charge is 2.18. The highest BCUT2D eigenvalue weighted by Crippen LogP contribution is 2.23. The Balaban J connectivity index is 2.17. The van der Waals surface area contributed by atoms with Crippen LogP contribution in [0.5, 0.6) is 0 Å². The van der Waals surface area contributed by atoms with E-state index in [0.29, 0.717) is 5.92 Å². The van der Waals surface area contributed by atoms with Gasteiger partial charge in [0.1, 0.15) is 11.0 Å². The second-order valence-electron chi connectivity index (χ2n) is 5.33. The molecule has 0 saturated heterocycles. The minimum atomic E-state index is -1.19. The first-order valence-corrected chi connectivity index (χ1v) is 8.02. The molecule has 106 valence electrons. The van der Waals surface area contributed by atoms with Gasteiger partial charge in [0.2, 0.25) is 0 Å². The second kappa shape index (κ2) is 6.82. The molecule has 1 unspecified atom stereocenters. The lowest BCUT2D eigenvalue weighted by molar-refractivity contribution is 0.478. The monoisotopic (exact) mass is 287 g/mol. The summed E-state index contributed by atoms with van der Waals surface area (Å²) < 4.78 is 15.7. The number of aryl methyl sites for hydroxylation is 1. The molecule has 2 nitrogen and oxygen atoms in total. The van der Waals surface area contributed by atoms with Crippen LogP contribution < -0.4 is 4.72 Å². The minimum Gasteiger partial charge on any atom is -0.237 e. The van der Waals surface area contributed by atoms with Crippen LogP contribution in [0.1, 0.15) is 31.0 Å². The summed E-state index contributed by atoms with van der Waals surface area (Å²) in [4.78, 5) is 0.817. The Bertz CT molecular complexity index is 563. The van der Waals surface area contributed by atoms with Crippen molar-refractivity contribution in [3.05, 3.63) is 65.7 Å².